The maximum Gasteiger partial charge on any atom is 0.309 e. The second-order valence-corrected chi connectivity index (χ2v) is 20.3. The van der Waals surface area contributed by atoms with Crippen LogP contribution in [0.15, 0.2) is 11.1 Å². The predicted molar refractivity (Wildman–Crippen MR) is 196 cm³/mol. The predicted octanol–water partition coefficient (Wildman–Crippen LogP) is 6.92. The Hall–Kier alpha value is -1.48. The van der Waals surface area contributed by atoms with E-state index in [1.165, 1.54) is 0 Å². The molecule has 5 fully saturated rings. The zero-order chi connectivity index (χ0) is 36.9. The smallest absolute Gasteiger partial charge is 0.309 e. The summed E-state index contributed by atoms with van der Waals surface area (Å²) >= 11 is 0. The number of ether oxygens (including phenoxy) is 1. The third kappa shape index (κ3) is 5.41. The van der Waals surface area contributed by atoms with Crippen molar-refractivity contribution in [2.75, 3.05) is 39.8 Å². The summed E-state index contributed by atoms with van der Waals surface area (Å²) in [5.74, 6) is -0.272. The number of β-amino-alcohol motifs (C(OH)–C–C–N with tert-alkyl or cyclic N) is 1. The molecule has 6 rings (SSSR count). The molecule has 3 N–H and O–H groups in total. The number of allylic oxidation sites excluding steroid dienone is 1. The van der Waals surface area contributed by atoms with E-state index >= 15 is 0 Å². The molecule has 1 unspecified atom stereocenters. The number of aliphatic carboxylic acids is 1. The first-order valence-electron chi connectivity index (χ1n) is 20.1. The van der Waals surface area contributed by atoms with Crippen molar-refractivity contribution in [3.63, 3.8) is 0 Å². The summed E-state index contributed by atoms with van der Waals surface area (Å²) in [6.07, 6.45) is 8.52. The highest BCUT2D eigenvalue weighted by Crippen LogP contribution is 2.78. The quantitative estimate of drug-likeness (QED) is 0.185. The number of likely N-dealkylation sites (N-methyl/N-ethyl adjacent to an activating group) is 1. The van der Waals surface area contributed by atoms with E-state index < -0.39 is 34.5 Å². The monoisotopic (exact) mass is 699 g/mol. The maximum absolute atomic E-state index is 13.1. The number of nitrogens with zero attached hydrogens (tertiary/aromatic N) is 2. The molecule has 0 bridgehead atoms. The number of carbonyl (C=O) groups is 2. The maximum atomic E-state index is 13.1. The number of carbonyl (C=O) groups excluding carboxylic acids is 1. The number of rotatable bonds is 8. The van der Waals surface area contributed by atoms with Crippen molar-refractivity contribution < 1.29 is 29.6 Å². The number of esters is 1. The number of hydrogen-bond acceptors (Lipinski definition) is 7. The number of aliphatic hydroxyl groups is 2. The second-order valence-electron chi connectivity index (χ2n) is 20.3. The molecule has 0 aromatic carbocycles. The molecule has 1 saturated heterocycles. The van der Waals surface area contributed by atoms with Crippen LogP contribution in [0.2, 0.25) is 0 Å². The van der Waals surface area contributed by atoms with Crippen molar-refractivity contribution in [1.29, 1.82) is 0 Å². The molecule has 4 saturated carbocycles. The molecule has 0 aromatic heterocycles. The van der Waals surface area contributed by atoms with Crippen LogP contribution in [0.5, 0.6) is 0 Å². The molecule has 0 aromatic rings. The molecule has 6 aliphatic rings. The minimum Gasteiger partial charge on any atom is -0.481 e. The Morgan fingerprint density at radius 1 is 0.880 bits per heavy atom. The van der Waals surface area contributed by atoms with Crippen LogP contribution >= 0.6 is 0 Å². The third-order valence-electron chi connectivity index (χ3n) is 17.1. The topological polar surface area (TPSA) is 111 Å². The fourth-order valence-electron chi connectivity index (χ4n) is 13.3. The lowest BCUT2D eigenvalue weighted by Gasteiger charge is -2.74. The van der Waals surface area contributed by atoms with Gasteiger partial charge in [-0.1, -0.05) is 59.6 Å². The van der Waals surface area contributed by atoms with E-state index in [1.54, 1.807) is 25.0 Å². The lowest BCUT2D eigenvalue weighted by molar-refractivity contribution is -0.306. The van der Waals surface area contributed by atoms with E-state index in [0.29, 0.717) is 30.6 Å². The molecule has 9 atom stereocenters. The Labute approximate surface area is 302 Å². The summed E-state index contributed by atoms with van der Waals surface area (Å²) in [6.45, 7) is 24.4. The summed E-state index contributed by atoms with van der Waals surface area (Å²) in [7, 11) is 2.19. The van der Waals surface area contributed by atoms with Crippen molar-refractivity contribution in [2.24, 2.45) is 50.2 Å². The first kappa shape index (κ1) is 38.3. The highest BCUT2D eigenvalue weighted by atomic mass is 16.5. The van der Waals surface area contributed by atoms with E-state index in [4.69, 9.17) is 4.74 Å². The zero-order valence-electron chi connectivity index (χ0n) is 33.2. The highest BCUT2D eigenvalue weighted by Gasteiger charge is 2.74. The van der Waals surface area contributed by atoms with Crippen molar-refractivity contribution in [3.8, 4) is 0 Å². The van der Waals surface area contributed by atoms with Crippen LogP contribution in [0, 0.1) is 50.2 Å². The summed E-state index contributed by atoms with van der Waals surface area (Å²) in [6, 6.07) is 0. The molecule has 8 nitrogen and oxygen atoms in total. The standard InChI is InChI=1S/C42H70N2O6/c1-27(2)28-13-16-41(31(45)26-44-23-21-43(10)22-24-44)19-17-38(7)29(34(28)41)11-12-30-39(38,8)18-20-42(49)37(5,6)32(14-15-40(30,42)9)50-33(46)25-36(3,4)35(47)48/h27,29-32,45,49H,11-26H2,1-10H3,(H,47,48)/t29-,30+,31?,32+,38-,39-,40-,41-,42-/m1/s1. The van der Waals surface area contributed by atoms with Gasteiger partial charge in [-0.25, -0.2) is 0 Å². The molecular formula is C42H70N2O6. The molecule has 284 valence electrons. The Bertz CT molecular complexity index is 1380. The molecule has 50 heavy (non-hydrogen) atoms. The zero-order valence-corrected chi connectivity index (χ0v) is 33.2. The third-order valence-corrected chi connectivity index (χ3v) is 17.1. The van der Waals surface area contributed by atoms with E-state index in [9.17, 15) is 24.9 Å². The molecule has 0 amide bonds. The van der Waals surface area contributed by atoms with Crippen LogP contribution in [-0.2, 0) is 14.3 Å². The van der Waals surface area contributed by atoms with Crippen LogP contribution in [0.25, 0.3) is 0 Å². The molecule has 0 radical (unpaired) electrons. The fraction of sp³-hybridized carbons (Fsp3) is 0.905. The minimum absolute atomic E-state index is 0.0221. The van der Waals surface area contributed by atoms with Gasteiger partial charge < -0.3 is 25.0 Å². The van der Waals surface area contributed by atoms with Crippen LogP contribution in [-0.4, -0.2) is 94.6 Å². The molecular weight excluding hydrogens is 628 g/mol. The van der Waals surface area contributed by atoms with Crippen LogP contribution < -0.4 is 0 Å². The van der Waals surface area contributed by atoms with E-state index in [0.717, 1.165) is 84.1 Å². The van der Waals surface area contributed by atoms with Gasteiger partial charge >= 0.3 is 11.9 Å². The van der Waals surface area contributed by atoms with Crippen molar-refractivity contribution in [1.82, 2.24) is 9.80 Å². The van der Waals surface area contributed by atoms with Gasteiger partial charge in [-0.05, 0) is 114 Å². The van der Waals surface area contributed by atoms with Gasteiger partial charge in [-0.3, -0.25) is 14.5 Å². The second kappa shape index (κ2) is 12.6. The van der Waals surface area contributed by atoms with E-state index in [1.807, 2.05) is 0 Å². The Morgan fingerprint density at radius 2 is 1.52 bits per heavy atom. The average Bonchev–Trinajstić information content (AvgIpc) is 3.43. The average molecular weight is 699 g/mol. The SMILES string of the molecule is CC(C)C1=C2[C@H]3CC[C@@H]4[C@@]5(C)CC[C@H](OC(=O)CC(C)(C)C(=O)O)C(C)(C)[C@]5(O)CC[C@@]4(C)[C@]3(C)CC[C@@]2(C(O)CN2CCN(C)CC2)CC1. The molecule has 1 heterocycles. The van der Waals surface area contributed by atoms with Crippen LogP contribution in [0.3, 0.4) is 0 Å². The van der Waals surface area contributed by atoms with Gasteiger partial charge in [0.15, 0.2) is 0 Å². The number of fused-ring (bicyclic) bond motifs is 7. The minimum atomic E-state index is -1.20. The number of hydrogen-bond donors (Lipinski definition) is 3. The first-order chi connectivity index (χ1) is 23.1. The van der Waals surface area contributed by atoms with Gasteiger partial charge in [0.05, 0.1) is 23.5 Å². The number of piperazine rings is 1. The van der Waals surface area contributed by atoms with Gasteiger partial charge in [-0.15, -0.1) is 0 Å². The van der Waals surface area contributed by atoms with Crippen molar-refractivity contribution >= 4 is 11.9 Å². The van der Waals surface area contributed by atoms with E-state index in [-0.39, 0.29) is 34.2 Å². The molecule has 1 aliphatic heterocycles. The van der Waals surface area contributed by atoms with Crippen molar-refractivity contribution in [3.05, 3.63) is 11.1 Å². The first-order valence-corrected chi connectivity index (χ1v) is 20.1. The Kier molecular flexibility index (Phi) is 9.60. The van der Waals surface area contributed by atoms with E-state index in [2.05, 4.69) is 65.3 Å². The Balaban J connectivity index is 1.28. The van der Waals surface area contributed by atoms with Crippen molar-refractivity contribution in [2.45, 2.75) is 151 Å². The molecule has 5 aliphatic carbocycles. The van der Waals surface area contributed by atoms with Gasteiger partial charge in [0.1, 0.15) is 6.10 Å². The fourth-order valence-corrected chi connectivity index (χ4v) is 13.3. The van der Waals surface area contributed by atoms with Crippen LogP contribution in [0.4, 0.5) is 0 Å². The summed E-state index contributed by atoms with van der Waals surface area (Å²) in [5, 5.41) is 34.9. The van der Waals surface area contributed by atoms with Gasteiger partial charge in [0.25, 0.3) is 0 Å². The lowest BCUT2D eigenvalue weighted by atomic mass is 9.31. The van der Waals surface area contributed by atoms with Crippen LogP contribution in [0.1, 0.15) is 133 Å². The molecule has 0 spiro atoms. The summed E-state index contributed by atoms with van der Waals surface area (Å²) < 4.78 is 6.10. The lowest BCUT2D eigenvalue weighted by Crippen LogP contribution is -2.73. The Morgan fingerprint density at radius 3 is 2.14 bits per heavy atom. The van der Waals surface area contributed by atoms with Gasteiger partial charge in [-0.2, -0.15) is 0 Å². The number of carboxylic acids is 1. The number of aliphatic hydroxyl groups excluding tert-OH is 1. The largest absolute Gasteiger partial charge is 0.481 e. The highest BCUT2D eigenvalue weighted by molar-refractivity contribution is 5.81. The summed E-state index contributed by atoms with van der Waals surface area (Å²) in [5.41, 5.74) is -0.0502. The molecule has 8 heteroatoms. The van der Waals surface area contributed by atoms with Gasteiger partial charge in [0, 0.05) is 49.0 Å². The number of carboxylic acid groups (broad SMARTS) is 1. The normalized spacial score (nSPS) is 42.7. The summed E-state index contributed by atoms with van der Waals surface area (Å²) in [4.78, 5) is 29.7. The van der Waals surface area contributed by atoms with Gasteiger partial charge in [0.2, 0.25) is 0 Å².